The van der Waals surface area contributed by atoms with E-state index in [9.17, 15) is 4.39 Å². The van der Waals surface area contributed by atoms with E-state index >= 15 is 0 Å². The molecule has 0 amide bonds. The second kappa shape index (κ2) is 7.28. The molecule has 0 aromatic heterocycles. The number of nitrogens with one attached hydrogen (secondary N) is 1. The van der Waals surface area contributed by atoms with Crippen molar-refractivity contribution in [1.82, 2.24) is 0 Å². The van der Waals surface area contributed by atoms with Gasteiger partial charge in [0.1, 0.15) is 23.2 Å². The van der Waals surface area contributed by atoms with Crippen molar-refractivity contribution < 1.29 is 13.9 Å². The van der Waals surface area contributed by atoms with E-state index in [1.165, 1.54) is 12.1 Å². The maximum Gasteiger partial charge on any atom is 0.137 e. The van der Waals surface area contributed by atoms with Crippen LogP contribution in [-0.4, -0.2) is 19.0 Å². The Morgan fingerprint density at radius 2 is 1.71 bits per heavy atom. The van der Waals surface area contributed by atoms with Gasteiger partial charge in [-0.1, -0.05) is 24.3 Å². The molecule has 0 aliphatic rings. The average molecular weight is 288 g/mol. The van der Waals surface area contributed by atoms with Crippen molar-refractivity contribution in [2.75, 3.05) is 13.2 Å². The number of rotatable bonds is 7. The monoisotopic (exact) mass is 288 g/mol. The predicted molar refractivity (Wildman–Crippen MR) is 79.5 cm³/mol. The Balaban J connectivity index is 1.81. The van der Waals surface area contributed by atoms with Crippen LogP contribution in [0, 0.1) is 11.2 Å². The summed E-state index contributed by atoms with van der Waals surface area (Å²) in [7, 11) is 0. The summed E-state index contributed by atoms with van der Waals surface area (Å²) in [5.74, 6) is 0.180. The average Bonchev–Trinajstić information content (AvgIpc) is 2.47. The summed E-state index contributed by atoms with van der Waals surface area (Å²) in [6, 6.07) is 13.8. The lowest BCUT2D eigenvalue weighted by Gasteiger charge is -2.11. The SMILES string of the molecule is N=C(N)c1c(F)cccc1OCCCOc1ccccc1. The fourth-order valence-electron chi connectivity index (χ4n) is 1.83. The van der Waals surface area contributed by atoms with Gasteiger partial charge in [0, 0.05) is 6.42 Å². The quantitative estimate of drug-likeness (QED) is 0.467. The summed E-state index contributed by atoms with van der Waals surface area (Å²) in [5.41, 5.74) is 5.36. The van der Waals surface area contributed by atoms with Crippen LogP contribution in [0.2, 0.25) is 0 Å². The molecule has 0 heterocycles. The van der Waals surface area contributed by atoms with Crippen LogP contribution < -0.4 is 15.2 Å². The van der Waals surface area contributed by atoms with E-state index < -0.39 is 5.82 Å². The predicted octanol–water partition coefficient (Wildman–Crippen LogP) is 2.96. The Morgan fingerprint density at radius 1 is 1.00 bits per heavy atom. The van der Waals surface area contributed by atoms with Gasteiger partial charge in [0.25, 0.3) is 0 Å². The first-order valence-electron chi connectivity index (χ1n) is 6.62. The van der Waals surface area contributed by atoms with Crippen molar-refractivity contribution in [1.29, 1.82) is 5.41 Å². The lowest BCUT2D eigenvalue weighted by molar-refractivity contribution is 0.246. The minimum absolute atomic E-state index is 0.00137. The standard InChI is InChI=1S/C16H17FN2O2/c17-13-8-4-9-14(15(13)16(18)19)21-11-5-10-20-12-6-2-1-3-7-12/h1-4,6-9H,5,10-11H2,(H3,18,19). The summed E-state index contributed by atoms with van der Waals surface area (Å²) < 4.78 is 24.6. The molecule has 0 saturated heterocycles. The van der Waals surface area contributed by atoms with E-state index in [0.717, 1.165) is 5.75 Å². The first-order valence-corrected chi connectivity index (χ1v) is 6.62. The van der Waals surface area contributed by atoms with Gasteiger partial charge in [0.05, 0.1) is 18.8 Å². The van der Waals surface area contributed by atoms with Crippen LogP contribution in [0.25, 0.3) is 0 Å². The van der Waals surface area contributed by atoms with Crippen LogP contribution in [0.3, 0.4) is 0 Å². The van der Waals surface area contributed by atoms with Crippen molar-refractivity contribution in [3.63, 3.8) is 0 Å². The van der Waals surface area contributed by atoms with Crippen LogP contribution in [0.4, 0.5) is 4.39 Å². The second-order valence-corrected chi connectivity index (χ2v) is 4.39. The molecule has 0 fully saturated rings. The molecular formula is C16H17FN2O2. The lowest BCUT2D eigenvalue weighted by Crippen LogP contribution is -2.16. The third kappa shape index (κ3) is 4.21. The minimum Gasteiger partial charge on any atom is -0.493 e. The number of para-hydroxylation sites is 1. The Morgan fingerprint density at radius 3 is 2.43 bits per heavy atom. The number of benzene rings is 2. The van der Waals surface area contributed by atoms with Gasteiger partial charge in [-0.25, -0.2) is 4.39 Å². The zero-order chi connectivity index (χ0) is 15.1. The number of hydrogen-bond donors (Lipinski definition) is 2. The highest BCUT2D eigenvalue weighted by Crippen LogP contribution is 2.21. The molecule has 0 radical (unpaired) electrons. The van der Waals surface area contributed by atoms with E-state index in [1.807, 2.05) is 30.3 Å². The maximum absolute atomic E-state index is 13.6. The summed E-state index contributed by atoms with van der Waals surface area (Å²) in [4.78, 5) is 0. The first-order chi connectivity index (χ1) is 10.2. The number of nitrogens with two attached hydrogens (primary N) is 1. The molecule has 110 valence electrons. The molecule has 2 aromatic rings. The maximum atomic E-state index is 13.6. The molecular weight excluding hydrogens is 271 g/mol. The zero-order valence-electron chi connectivity index (χ0n) is 11.5. The van der Waals surface area contributed by atoms with E-state index in [4.69, 9.17) is 20.6 Å². The van der Waals surface area contributed by atoms with Crippen molar-refractivity contribution in [2.24, 2.45) is 5.73 Å². The molecule has 21 heavy (non-hydrogen) atoms. The molecule has 2 rings (SSSR count). The molecule has 3 N–H and O–H groups in total. The smallest absolute Gasteiger partial charge is 0.137 e. The normalized spacial score (nSPS) is 10.1. The topological polar surface area (TPSA) is 68.3 Å². The first kappa shape index (κ1) is 14.8. The van der Waals surface area contributed by atoms with Gasteiger partial charge in [-0.3, -0.25) is 5.41 Å². The summed E-state index contributed by atoms with van der Waals surface area (Å²) >= 11 is 0. The fraction of sp³-hybridized carbons (Fsp3) is 0.188. The molecule has 0 saturated carbocycles. The van der Waals surface area contributed by atoms with Gasteiger partial charge in [0.2, 0.25) is 0 Å². The number of ether oxygens (including phenoxy) is 2. The molecule has 0 atom stereocenters. The molecule has 2 aromatic carbocycles. The lowest BCUT2D eigenvalue weighted by atomic mass is 10.1. The molecule has 0 spiro atoms. The Hall–Kier alpha value is -2.56. The molecule has 0 bridgehead atoms. The van der Waals surface area contributed by atoms with E-state index in [2.05, 4.69) is 0 Å². The second-order valence-electron chi connectivity index (χ2n) is 4.39. The number of amidine groups is 1. The Labute approximate surface area is 122 Å². The van der Waals surface area contributed by atoms with Crippen LogP contribution in [0.5, 0.6) is 11.5 Å². The van der Waals surface area contributed by atoms with Crippen LogP contribution >= 0.6 is 0 Å². The van der Waals surface area contributed by atoms with Gasteiger partial charge >= 0.3 is 0 Å². The molecule has 0 unspecified atom stereocenters. The summed E-state index contributed by atoms with van der Waals surface area (Å²) in [6.45, 7) is 0.852. The molecule has 0 aliphatic heterocycles. The Kier molecular flexibility index (Phi) is 5.15. The third-order valence-corrected chi connectivity index (χ3v) is 2.80. The van der Waals surface area contributed by atoms with Gasteiger partial charge in [-0.15, -0.1) is 0 Å². The zero-order valence-corrected chi connectivity index (χ0v) is 11.5. The Bertz CT molecular complexity index is 602. The highest BCUT2D eigenvalue weighted by molar-refractivity contribution is 5.97. The fourth-order valence-corrected chi connectivity index (χ4v) is 1.83. The van der Waals surface area contributed by atoms with E-state index in [1.54, 1.807) is 6.07 Å². The van der Waals surface area contributed by atoms with E-state index in [-0.39, 0.29) is 17.1 Å². The highest BCUT2D eigenvalue weighted by atomic mass is 19.1. The van der Waals surface area contributed by atoms with Crippen molar-refractivity contribution in [3.8, 4) is 11.5 Å². The number of hydrogen-bond acceptors (Lipinski definition) is 3. The van der Waals surface area contributed by atoms with E-state index in [0.29, 0.717) is 19.6 Å². The van der Waals surface area contributed by atoms with Gasteiger partial charge < -0.3 is 15.2 Å². The van der Waals surface area contributed by atoms with Crippen LogP contribution in [-0.2, 0) is 0 Å². The van der Waals surface area contributed by atoms with Crippen molar-refractivity contribution in [2.45, 2.75) is 6.42 Å². The highest BCUT2D eigenvalue weighted by Gasteiger charge is 2.12. The van der Waals surface area contributed by atoms with Gasteiger partial charge in [0.15, 0.2) is 0 Å². The number of nitrogen functional groups attached to an aromatic ring is 1. The molecule has 0 aliphatic carbocycles. The summed E-state index contributed by atoms with van der Waals surface area (Å²) in [5, 5.41) is 7.38. The minimum atomic E-state index is -0.555. The van der Waals surface area contributed by atoms with Crippen LogP contribution in [0.1, 0.15) is 12.0 Å². The van der Waals surface area contributed by atoms with Crippen LogP contribution in [0.15, 0.2) is 48.5 Å². The molecule has 5 heteroatoms. The summed E-state index contributed by atoms with van der Waals surface area (Å²) in [6.07, 6.45) is 0.642. The largest absolute Gasteiger partial charge is 0.493 e. The van der Waals surface area contributed by atoms with Gasteiger partial charge in [-0.2, -0.15) is 0 Å². The molecule has 4 nitrogen and oxygen atoms in total. The van der Waals surface area contributed by atoms with Crippen molar-refractivity contribution >= 4 is 5.84 Å². The van der Waals surface area contributed by atoms with Gasteiger partial charge in [-0.05, 0) is 24.3 Å². The third-order valence-electron chi connectivity index (χ3n) is 2.80. The van der Waals surface area contributed by atoms with Crippen molar-refractivity contribution in [3.05, 3.63) is 59.9 Å². The number of halogens is 1.